The van der Waals surface area contributed by atoms with Crippen LogP contribution in [0, 0.1) is 18.3 Å². The maximum Gasteiger partial charge on any atom is 0.150 e. The Morgan fingerprint density at radius 3 is 2.17 bits per heavy atom. The Kier molecular flexibility index (Phi) is 3.38. The van der Waals surface area contributed by atoms with Crippen molar-refractivity contribution in [3.05, 3.63) is 35.4 Å². The molecule has 0 unspecified atom stereocenters. The Morgan fingerprint density at radius 1 is 1.17 bits per heavy atom. The van der Waals surface area contributed by atoms with Gasteiger partial charge in [-0.05, 0) is 25.3 Å². The summed E-state index contributed by atoms with van der Waals surface area (Å²) in [6.07, 6.45) is 1.88. The fraction of sp³-hybridized carbons (Fsp3) is 0.500. The van der Waals surface area contributed by atoms with Crippen molar-refractivity contribution in [3.8, 4) is 0 Å². The molecule has 0 bridgehead atoms. The molecule has 0 amide bonds. The fourth-order valence-electron chi connectivity index (χ4n) is 2.40. The first kappa shape index (κ1) is 13.0. The summed E-state index contributed by atoms with van der Waals surface area (Å²) in [6, 6.07) is 7.96. The molecule has 0 aromatic heterocycles. The first-order chi connectivity index (χ1) is 8.45. The predicted molar refractivity (Wildman–Crippen MR) is 71.4 cm³/mol. The first-order valence-electron chi connectivity index (χ1n) is 6.59. The van der Waals surface area contributed by atoms with Crippen molar-refractivity contribution in [3.63, 3.8) is 0 Å². The van der Waals surface area contributed by atoms with Gasteiger partial charge in [-0.25, -0.2) is 0 Å². The second kappa shape index (κ2) is 4.68. The molecular weight excluding hydrogens is 224 g/mol. The zero-order chi connectivity index (χ0) is 13.3. The standard InChI is InChI=1S/C16H20O2/c1-11(2)15(18)16(8-9-16)14(17)10-13-6-4-12(3)5-7-13/h4-7,11H,8-10H2,1-3H3. The normalized spacial score (nSPS) is 16.7. The summed E-state index contributed by atoms with van der Waals surface area (Å²) in [6.45, 7) is 5.78. The van der Waals surface area contributed by atoms with Gasteiger partial charge in [0.2, 0.25) is 0 Å². The van der Waals surface area contributed by atoms with Crippen molar-refractivity contribution >= 4 is 11.6 Å². The lowest BCUT2D eigenvalue weighted by molar-refractivity contribution is -0.136. The van der Waals surface area contributed by atoms with E-state index >= 15 is 0 Å². The molecule has 2 heteroatoms. The maximum atomic E-state index is 12.3. The fourth-order valence-corrected chi connectivity index (χ4v) is 2.40. The predicted octanol–water partition coefficient (Wildman–Crippen LogP) is 3.11. The summed E-state index contributed by atoms with van der Waals surface area (Å²) in [5.41, 5.74) is 1.55. The minimum atomic E-state index is -0.640. The Hall–Kier alpha value is -1.44. The van der Waals surface area contributed by atoms with Crippen molar-refractivity contribution in [2.45, 2.75) is 40.0 Å². The Morgan fingerprint density at radius 2 is 1.72 bits per heavy atom. The Labute approximate surface area is 108 Å². The monoisotopic (exact) mass is 244 g/mol. The first-order valence-corrected chi connectivity index (χ1v) is 6.59. The largest absolute Gasteiger partial charge is 0.298 e. The van der Waals surface area contributed by atoms with Crippen molar-refractivity contribution in [1.29, 1.82) is 0 Å². The number of Topliss-reactive ketones (excluding diaryl/α,β-unsaturated/α-hetero) is 2. The third kappa shape index (κ3) is 2.38. The van der Waals surface area contributed by atoms with Gasteiger partial charge in [0, 0.05) is 12.3 Å². The summed E-state index contributed by atoms with van der Waals surface area (Å²) in [4.78, 5) is 24.4. The van der Waals surface area contributed by atoms with E-state index in [1.54, 1.807) is 0 Å². The van der Waals surface area contributed by atoms with Gasteiger partial charge in [-0.2, -0.15) is 0 Å². The molecule has 0 heterocycles. The van der Waals surface area contributed by atoms with Crippen molar-refractivity contribution < 1.29 is 9.59 Å². The molecule has 0 radical (unpaired) electrons. The highest BCUT2D eigenvalue weighted by atomic mass is 16.2. The van der Waals surface area contributed by atoms with Gasteiger partial charge in [0.25, 0.3) is 0 Å². The van der Waals surface area contributed by atoms with Gasteiger partial charge >= 0.3 is 0 Å². The van der Waals surface area contributed by atoms with Crippen LogP contribution in [0.3, 0.4) is 0 Å². The summed E-state index contributed by atoms with van der Waals surface area (Å²) in [5.74, 6) is 0.180. The zero-order valence-corrected chi connectivity index (χ0v) is 11.3. The molecule has 18 heavy (non-hydrogen) atoms. The lowest BCUT2D eigenvalue weighted by Crippen LogP contribution is -2.30. The molecule has 2 nitrogen and oxygen atoms in total. The van der Waals surface area contributed by atoms with Gasteiger partial charge < -0.3 is 0 Å². The van der Waals surface area contributed by atoms with Crippen molar-refractivity contribution in [2.24, 2.45) is 11.3 Å². The number of rotatable bonds is 5. The van der Waals surface area contributed by atoms with Crippen LogP contribution in [0.1, 0.15) is 37.8 Å². The van der Waals surface area contributed by atoms with Gasteiger partial charge in [-0.15, -0.1) is 0 Å². The molecular formula is C16H20O2. The molecule has 1 aliphatic carbocycles. The quantitative estimate of drug-likeness (QED) is 0.746. The Bertz CT molecular complexity index is 464. The smallest absolute Gasteiger partial charge is 0.150 e. The molecule has 2 rings (SSSR count). The van der Waals surface area contributed by atoms with Crippen LogP contribution in [0.5, 0.6) is 0 Å². The molecule has 1 aromatic rings. The van der Waals surface area contributed by atoms with E-state index in [-0.39, 0.29) is 17.5 Å². The lowest BCUT2D eigenvalue weighted by atomic mass is 9.86. The van der Waals surface area contributed by atoms with Crippen molar-refractivity contribution in [2.75, 3.05) is 0 Å². The number of hydrogen-bond donors (Lipinski definition) is 0. The van der Waals surface area contributed by atoms with Crippen LogP contribution in [-0.4, -0.2) is 11.6 Å². The SMILES string of the molecule is Cc1ccc(CC(=O)C2(C(=O)C(C)C)CC2)cc1. The molecule has 1 aromatic carbocycles. The number of ketones is 2. The Balaban J connectivity index is 2.09. The van der Waals surface area contributed by atoms with Crippen LogP contribution in [0.4, 0.5) is 0 Å². The highest BCUT2D eigenvalue weighted by Crippen LogP contribution is 2.49. The molecule has 1 saturated carbocycles. The van der Waals surface area contributed by atoms with E-state index in [1.165, 1.54) is 5.56 Å². The topological polar surface area (TPSA) is 34.1 Å². The van der Waals surface area contributed by atoms with E-state index in [0.29, 0.717) is 6.42 Å². The molecule has 0 N–H and O–H groups in total. The molecule has 1 fully saturated rings. The van der Waals surface area contributed by atoms with Crippen LogP contribution >= 0.6 is 0 Å². The average molecular weight is 244 g/mol. The summed E-state index contributed by atoms with van der Waals surface area (Å²) >= 11 is 0. The summed E-state index contributed by atoms with van der Waals surface area (Å²) in [7, 11) is 0. The average Bonchev–Trinajstić information content (AvgIpc) is 3.12. The van der Waals surface area contributed by atoms with Crippen LogP contribution in [0.25, 0.3) is 0 Å². The van der Waals surface area contributed by atoms with E-state index in [4.69, 9.17) is 0 Å². The third-order valence-corrected chi connectivity index (χ3v) is 3.77. The lowest BCUT2D eigenvalue weighted by Gasteiger charge is -2.15. The van der Waals surface area contributed by atoms with Crippen molar-refractivity contribution in [1.82, 2.24) is 0 Å². The molecule has 0 saturated heterocycles. The summed E-state index contributed by atoms with van der Waals surface area (Å²) < 4.78 is 0. The van der Waals surface area contributed by atoms with Crippen LogP contribution in [0.15, 0.2) is 24.3 Å². The molecule has 1 aliphatic rings. The van der Waals surface area contributed by atoms with Gasteiger partial charge in [0.1, 0.15) is 5.78 Å². The molecule has 0 atom stereocenters. The minimum Gasteiger partial charge on any atom is -0.298 e. The second-order valence-electron chi connectivity index (χ2n) is 5.69. The van der Waals surface area contributed by atoms with Gasteiger partial charge in [0.15, 0.2) is 5.78 Å². The van der Waals surface area contributed by atoms with E-state index in [1.807, 2.05) is 45.0 Å². The highest BCUT2D eigenvalue weighted by Gasteiger charge is 2.55. The van der Waals surface area contributed by atoms with Crippen LogP contribution in [0.2, 0.25) is 0 Å². The molecule has 0 aliphatic heterocycles. The minimum absolute atomic E-state index is 0.0468. The highest BCUT2D eigenvalue weighted by molar-refractivity contribution is 6.10. The number of carbonyl (C=O) groups is 2. The van der Waals surface area contributed by atoms with Gasteiger partial charge in [-0.3, -0.25) is 9.59 Å². The van der Waals surface area contributed by atoms with Gasteiger partial charge in [0.05, 0.1) is 5.41 Å². The molecule has 96 valence electrons. The zero-order valence-electron chi connectivity index (χ0n) is 11.3. The summed E-state index contributed by atoms with van der Waals surface area (Å²) in [5, 5.41) is 0. The van der Waals surface area contributed by atoms with Gasteiger partial charge in [-0.1, -0.05) is 43.7 Å². The molecule has 0 spiro atoms. The van der Waals surface area contributed by atoms with Crippen LogP contribution < -0.4 is 0 Å². The van der Waals surface area contributed by atoms with E-state index in [0.717, 1.165) is 18.4 Å². The van der Waals surface area contributed by atoms with E-state index in [2.05, 4.69) is 0 Å². The number of carbonyl (C=O) groups excluding carboxylic acids is 2. The van der Waals surface area contributed by atoms with Crippen LogP contribution in [-0.2, 0) is 16.0 Å². The second-order valence-corrected chi connectivity index (χ2v) is 5.69. The maximum absolute atomic E-state index is 12.3. The number of hydrogen-bond acceptors (Lipinski definition) is 2. The van der Waals surface area contributed by atoms with E-state index < -0.39 is 5.41 Å². The van der Waals surface area contributed by atoms with E-state index in [9.17, 15) is 9.59 Å². The third-order valence-electron chi connectivity index (χ3n) is 3.77. The number of aryl methyl sites for hydroxylation is 1. The number of benzene rings is 1.